The molecule has 0 aromatic carbocycles. The van der Waals surface area contributed by atoms with Crippen molar-refractivity contribution in [1.82, 2.24) is 4.72 Å². The number of nitrogens with two attached hydrogens (primary N) is 1. The number of rotatable bonds is 5. The van der Waals surface area contributed by atoms with Crippen LogP contribution in [0.15, 0.2) is 33.9 Å². The molecular weight excluding hydrogens is 328 g/mol. The molecule has 0 heterocycles. The van der Waals surface area contributed by atoms with E-state index < -0.39 is 21.2 Å². The Morgan fingerprint density at radius 1 is 1.33 bits per heavy atom. The van der Waals surface area contributed by atoms with Gasteiger partial charge in [-0.2, -0.15) is 8.42 Å². The van der Waals surface area contributed by atoms with E-state index in [0.29, 0.717) is 18.4 Å². The third-order valence-corrected chi connectivity index (χ3v) is 6.38. The molecule has 0 saturated heterocycles. The molecule has 0 aromatic rings. The van der Waals surface area contributed by atoms with Gasteiger partial charge >= 0.3 is 0 Å². The molecule has 0 aliphatic heterocycles. The Balaban J connectivity index is 1.87. The van der Waals surface area contributed by atoms with E-state index in [-0.39, 0.29) is 12.3 Å². The molecule has 7 heteroatoms. The van der Waals surface area contributed by atoms with Crippen molar-refractivity contribution in [3.05, 3.63) is 33.9 Å². The number of allylic oxidation sites excluding steroid dienone is 4. The fourth-order valence-electron chi connectivity index (χ4n) is 4.22. The van der Waals surface area contributed by atoms with Gasteiger partial charge in [0.1, 0.15) is 5.60 Å². The van der Waals surface area contributed by atoms with Gasteiger partial charge in [-0.3, -0.25) is 4.79 Å². The Hall–Kier alpha value is -1.28. The summed E-state index contributed by atoms with van der Waals surface area (Å²) in [6.45, 7) is 5.86. The average Bonchev–Trinajstić information content (AvgIpc) is 3.21. The zero-order chi connectivity index (χ0) is 17.9. The van der Waals surface area contributed by atoms with Gasteiger partial charge in [0.25, 0.3) is 10.2 Å². The second-order valence-corrected chi connectivity index (χ2v) is 8.62. The van der Waals surface area contributed by atoms with Gasteiger partial charge in [0.2, 0.25) is 0 Å². The Morgan fingerprint density at radius 3 is 2.50 bits per heavy atom. The van der Waals surface area contributed by atoms with E-state index >= 15 is 0 Å². The fraction of sp³-hybridized carbons (Fsp3) is 0.588. The highest BCUT2D eigenvalue weighted by Gasteiger charge is 2.64. The number of carbonyl (C=O) groups is 1. The normalized spacial score (nSPS) is 28.5. The number of nitrogens with one attached hydrogen (secondary N) is 1. The second-order valence-electron chi connectivity index (χ2n) is 7.25. The molecule has 3 aliphatic rings. The van der Waals surface area contributed by atoms with Crippen LogP contribution in [-0.2, 0) is 15.0 Å². The molecular formula is C17H24N2O4S. The quantitative estimate of drug-likeness (QED) is 0.647. The lowest BCUT2D eigenvalue weighted by atomic mass is 9.67. The van der Waals surface area contributed by atoms with Crippen LogP contribution in [-0.4, -0.2) is 31.5 Å². The van der Waals surface area contributed by atoms with E-state index in [2.05, 4.69) is 4.72 Å². The number of hydrogen-bond acceptors (Lipinski definition) is 4. The molecule has 3 aliphatic carbocycles. The molecule has 24 heavy (non-hydrogen) atoms. The van der Waals surface area contributed by atoms with E-state index in [0.717, 1.165) is 35.1 Å². The maximum atomic E-state index is 12.8. The lowest BCUT2D eigenvalue weighted by Gasteiger charge is -2.39. The lowest BCUT2D eigenvalue weighted by molar-refractivity contribution is -0.137. The first-order chi connectivity index (χ1) is 11.0. The molecule has 3 rings (SSSR count). The molecule has 0 aromatic heterocycles. The molecule has 0 unspecified atom stereocenters. The maximum Gasteiger partial charge on any atom is 0.274 e. The van der Waals surface area contributed by atoms with E-state index in [1.54, 1.807) is 6.92 Å². The van der Waals surface area contributed by atoms with Gasteiger partial charge in [-0.1, -0.05) is 5.57 Å². The fourth-order valence-corrected chi connectivity index (χ4v) is 4.64. The Labute approximate surface area is 142 Å². The molecule has 1 atom stereocenters. The zero-order valence-electron chi connectivity index (χ0n) is 14.3. The van der Waals surface area contributed by atoms with E-state index in [1.807, 2.05) is 19.9 Å². The van der Waals surface area contributed by atoms with Crippen LogP contribution in [0.4, 0.5) is 0 Å². The number of fused-ring (bicyclic) bond motifs is 1. The smallest absolute Gasteiger partial charge is 0.274 e. The average molecular weight is 352 g/mol. The maximum absolute atomic E-state index is 12.8. The minimum atomic E-state index is -3.68. The highest BCUT2D eigenvalue weighted by atomic mass is 32.2. The van der Waals surface area contributed by atoms with Gasteiger partial charge in [-0.15, -0.1) is 0 Å². The number of carbonyl (C=O) groups excluding carboxylic acids is 1. The summed E-state index contributed by atoms with van der Waals surface area (Å²) in [6.07, 6.45) is 4.76. The minimum absolute atomic E-state index is 0.197. The standard InChI is InChI=1S/C17H24N2O4S/c1-10-9-13-14(12(10)5-4-8-19-24(18,22)23)11(2)17(6-7-17)16(3,21)15(13)20/h9,19,21H,4-8H2,1-3H3,(H2,18,22,23)/t16-/m0/s1. The number of aliphatic hydroxyl groups is 1. The topological polar surface area (TPSA) is 109 Å². The van der Waals surface area contributed by atoms with Gasteiger partial charge < -0.3 is 5.11 Å². The third-order valence-electron chi connectivity index (χ3n) is 5.78. The second kappa shape index (κ2) is 5.36. The number of Topliss-reactive ketones (excluding diaryl/α,β-unsaturated/α-hetero) is 1. The van der Waals surface area contributed by atoms with E-state index in [4.69, 9.17) is 5.14 Å². The molecule has 4 N–H and O–H groups in total. The minimum Gasteiger partial charge on any atom is -0.381 e. The van der Waals surface area contributed by atoms with Crippen LogP contribution in [0.2, 0.25) is 0 Å². The summed E-state index contributed by atoms with van der Waals surface area (Å²) in [4.78, 5) is 12.8. The Kier molecular flexibility index (Phi) is 3.92. The van der Waals surface area contributed by atoms with Crippen LogP contribution in [0, 0.1) is 5.41 Å². The van der Waals surface area contributed by atoms with Crippen molar-refractivity contribution in [2.75, 3.05) is 6.54 Å². The van der Waals surface area contributed by atoms with Crippen LogP contribution >= 0.6 is 0 Å². The third kappa shape index (κ3) is 2.50. The molecule has 6 nitrogen and oxygen atoms in total. The van der Waals surface area contributed by atoms with Crippen LogP contribution in [0.5, 0.6) is 0 Å². The molecule has 1 fully saturated rings. The summed E-state index contributed by atoms with van der Waals surface area (Å²) in [5, 5.41) is 15.7. The highest BCUT2D eigenvalue weighted by molar-refractivity contribution is 7.87. The first-order valence-corrected chi connectivity index (χ1v) is 9.74. The molecule has 0 bridgehead atoms. The first-order valence-electron chi connectivity index (χ1n) is 8.19. The van der Waals surface area contributed by atoms with Crippen molar-refractivity contribution in [3.63, 3.8) is 0 Å². The molecule has 132 valence electrons. The summed E-state index contributed by atoms with van der Waals surface area (Å²) in [5.41, 5.74) is 2.98. The van der Waals surface area contributed by atoms with Crippen molar-refractivity contribution in [2.45, 2.75) is 52.1 Å². The largest absolute Gasteiger partial charge is 0.381 e. The summed E-state index contributed by atoms with van der Waals surface area (Å²) in [7, 11) is -3.68. The lowest BCUT2D eigenvalue weighted by Crippen LogP contribution is -2.49. The monoisotopic (exact) mass is 352 g/mol. The highest BCUT2D eigenvalue weighted by Crippen LogP contribution is 2.65. The van der Waals surface area contributed by atoms with Crippen LogP contribution in [0.1, 0.15) is 46.5 Å². The molecule has 1 saturated carbocycles. The van der Waals surface area contributed by atoms with Gasteiger partial charge in [-0.25, -0.2) is 9.86 Å². The van der Waals surface area contributed by atoms with Crippen molar-refractivity contribution in [3.8, 4) is 0 Å². The van der Waals surface area contributed by atoms with Crippen LogP contribution in [0.25, 0.3) is 0 Å². The zero-order valence-corrected chi connectivity index (χ0v) is 15.1. The van der Waals surface area contributed by atoms with E-state index in [1.165, 1.54) is 0 Å². The van der Waals surface area contributed by atoms with Crippen molar-refractivity contribution in [2.24, 2.45) is 10.6 Å². The van der Waals surface area contributed by atoms with Crippen LogP contribution < -0.4 is 9.86 Å². The van der Waals surface area contributed by atoms with Crippen molar-refractivity contribution < 1.29 is 18.3 Å². The predicted octanol–water partition coefficient (Wildman–Crippen LogP) is 1.25. The molecule has 0 amide bonds. The Bertz CT molecular complexity index is 812. The van der Waals surface area contributed by atoms with Gasteiger partial charge in [0, 0.05) is 17.5 Å². The van der Waals surface area contributed by atoms with Crippen molar-refractivity contribution in [1.29, 1.82) is 0 Å². The summed E-state index contributed by atoms with van der Waals surface area (Å²) >= 11 is 0. The number of hydrogen-bond donors (Lipinski definition) is 3. The van der Waals surface area contributed by atoms with Crippen molar-refractivity contribution >= 4 is 16.0 Å². The van der Waals surface area contributed by atoms with E-state index in [9.17, 15) is 18.3 Å². The first kappa shape index (κ1) is 17.5. The molecule has 0 radical (unpaired) electrons. The summed E-state index contributed by atoms with van der Waals surface area (Å²) < 4.78 is 24.2. The molecule has 1 spiro atoms. The summed E-state index contributed by atoms with van der Waals surface area (Å²) in [5.74, 6) is -0.197. The SMILES string of the molecule is CC1=C(CCCNS(N)(=O)=O)C2=C(C)C3(CC3)[C@@](C)(O)C(=O)C2=C1. The number of ketones is 1. The van der Waals surface area contributed by atoms with Gasteiger partial charge in [0.05, 0.1) is 0 Å². The Morgan fingerprint density at radius 2 is 1.96 bits per heavy atom. The van der Waals surface area contributed by atoms with Gasteiger partial charge in [0.15, 0.2) is 5.78 Å². The van der Waals surface area contributed by atoms with Crippen LogP contribution in [0.3, 0.4) is 0 Å². The predicted molar refractivity (Wildman–Crippen MR) is 91.1 cm³/mol. The summed E-state index contributed by atoms with van der Waals surface area (Å²) in [6, 6.07) is 0. The van der Waals surface area contributed by atoms with Gasteiger partial charge in [-0.05, 0) is 69.2 Å².